The molecule has 2 rings (SSSR count). The summed E-state index contributed by atoms with van der Waals surface area (Å²) in [5.41, 5.74) is -0.555. The second kappa shape index (κ2) is 6.37. The third-order valence-corrected chi connectivity index (χ3v) is 4.95. The van der Waals surface area contributed by atoms with Gasteiger partial charge in [0.25, 0.3) is 0 Å². The van der Waals surface area contributed by atoms with Crippen LogP contribution >= 0.6 is 0 Å². The third kappa shape index (κ3) is 3.50. The van der Waals surface area contributed by atoms with E-state index in [1.165, 1.54) is 18.5 Å². The van der Waals surface area contributed by atoms with Crippen molar-refractivity contribution in [3.8, 4) is 0 Å². The maximum absolute atomic E-state index is 12.6. The van der Waals surface area contributed by atoms with Gasteiger partial charge in [-0.1, -0.05) is 18.7 Å². The molecule has 0 aliphatic carbocycles. The molecule has 0 aromatic carbocycles. The van der Waals surface area contributed by atoms with Gasteiger partial charge in [-0.2, -0.15) is 12.7 Å². The predicted molar refractivity (Wildman–Crippen MR) is 85.6 cm³/mol. The molecule has 8 nitrogen and oxygen atoms in total. The maximum Gasteiger partial charge on any atom is 0.425 e. The predicted octanol–water partition coefficient (Wildman–Crippen LogP) is 1.17. The minimum atomic E-state index is -4.12. The van der Waals surface area contributed by atoms with Crippen molar-refractivity contribution in [1.82, 2.24) is 13.3 Å². The first kappa shape index (κ1) is 16.9. The summed E-state index contributed by atoms with van der Waals surface area (Å²) in [5, 5.41) is 0. The maximum atomic E-state index is 12.6. The van der Waals surface area contributed by atoms with Crippen molar-refractivity contribution in [3.05, 3.63) is 43.0 Å². The third-order valence-electron chi connectivity index (χ3n) is 3.28. The fourth-order valence-electron chi connectivity index (χ4n) is 2.04. The molecule has 0 spiro atoms. The van der Waals surface area contributed by atoms with Crippen molar-refractivity contribution in [2.24, 2.45) is 4.99 Å². The SMILES string of the molecule is C=CCOC(=O)N(C)S(=O)(=O)n1ccnc1CC1(C)C=CC=N1. The highest BCUT2D eigenvalue weighted by atomic mass is 32.2. The lowest BCUT2D eigenvalue weighted by atomic mass is 10.00. The monoisotopic (exact) mass is 338 g/mol. The molecule has 1 aromatic heterocycles. The average Bonchev–Trinajstić information content (AvgIpc) is 3.13. The second-order valence-corrected chi connectivity index (χ2v) is 6.99. The number of hydrogen-bond donors (Lipinski definition) is 0. The minimum absolute atomic E-state index is 0.0763. The first-order valence-electron chi connectivity index (χ1n) is 6.82. The number of nitrogens with zero attached hydrogens (tertiary/aromatic N) is 4. The smallest absolute Gasteiger partial charge is 0.425 e. The normalized spacial score (nSPS) is 19.7. The van der Waals surface area contributed by atoms with E-state index in [1.54, 1.807) is 12.3 Å². The number of amides is 1. The van der Waals surface area contributed by atoms with Crippen LogP contribution in [-0.4, -0.2) is 53.2 Å². The van der Waals surface area contributed by atoms with Gasteiger partial charge in [-0.15, -0.1) is 0 Å². The molecule has 0 radical (unpaired) electrons. The molecule has 1 atom stereocenters. The zero-order valence-electron chi connectivity index (χ0n) is 12.9. The van der Waals surface area contributed by atoms with Crippen LogP contribution in [0.4, 0.5) is 4.79 Å². The molecule has 1 aromatic rings. The summed E-state index contributed by atoms with van der Waals surface area (Å²) in [6.45, 7) is 5.19. The van der Waals surface area contributed by atoms with E-state index in [4.69, 9.17) is 4.74 Å². The summed E-state index contributed by atoms with van der Waals surface area (Å²) in [6.07, 6.45) is 8.60. The molecule has 1 unspecified atom stereocenters. The zero-order valence-corrected chi connectivity index (χ0v) is 13.7. The van der Waals surface area contributed by atoms with Gasteiger partial charge in [0.2, 0.25) is 0 Å². The van der Waals surface area contributed by atoms with E-state index in [0.29, 0.717) is 4.31 Å². The molecular formula is C14H18N4O4S. The fourth-order valence-corrected chi connectivity index (χ4v) is 3.13. The lowest BCUT2D eigenvalue weighted by Gasteiger charge is -2.21. The van der Waals surface area contributed by atoms with Crippen molar-refractivity contribution < 1.29 is 17.9 Å². The first-order valence-corrected chi connectivity index (χ1v) is 8.22. The van der Waals surface area contributed by atoms with Crippen LogP contribution in [0.5, 0.6) is 0 Å². The van der Waals surface area contributed by atoms with Crippen LogP contribution < -0.4 is 0 Å². The number of aromatic nitrogens is 2. The van der Waals surface area contributed by atoms with Crippen molar-refractivity contribution in [3.63, 3.8) is 0 Å². The van der Waals surface area contributed by atoms with Gasteiger partial charge in [0.05, 0.1) is 5.54 Å². The van der Waals surface area contributed by atoms with Crippen LogP contribution in [0.1, 0.15) is 12.7 Å². The van der Waals surface area contributed by atoms with E-state index in [-0.39, 0.29) is 18.9 Å². The van der Waals surface area contributed by atoms with Crippen LogP contribution in [0, 0.1) is 0 Å². The largest absolute Gasteiger partial charge is 0.444 e. The Morgan fingerprint density at radius 3 is 2.91 bits per heavy atom. The van der Waals surface area contributed by atoms with E-state index in [9.17, 15) is 13.2 Å². The summed E-state index contributed by atoms with van der Waals surface area (Å²) in [7, 11) is -3.00. The summed E-state index contributed by atoms with van der Waals surface area (Å²) in [6, 6.07) is 0. The van der Waals surface area contributed by atoms with Gasteiger partial charge in [0.1, 0.15) is 12.4 Å². The molecule has 1 aliphatic rings. The number of imidazole rings is 1. The number of rotatable bonds is 6. The van der Waals surface area contributed by atoms with Gasteiger partial charge in [0.15, 0.2) is 0 Å². The summed E-state index contributed by atoms with van der Waals surface area (Å²) < 4.78 is 31.4. The number of aliphatic imine (C=N–C) groups is 1. The van der Waals surface area contributed by atoms with Crippen LogP contribution in [0.3, 0.4) is 0 Å². The molecule has 0 saturated heterocycles. The molecule has 2 heterocycles. The lowest BCUT2D eigenvalue weighted by Crippen LogP contribution is -2.38. The fraction of sp³-hybridized carbons (Fsp3) is 0.357. The van der Waals surface area contributed by atoms with Crippen LogP contribution in [0.2, 0.25) is 0 Å². The van der Waals surface area contributed by atoms with Gasteiger partial charge in [-0.3, -0.25) is 4.99 Å². The molecule has 1 amide bonds. The Kier molecular flexibility index (Phi) is 4.69. The summed E-state index contributed by atoms with van der Waals surface area (Å²) in [5.74, 6) is 0.277. The Morgan fingerprint density at radius 1 is 1.57 bits per heavy atom. The second-order valence-electron chi connectivity index (χ2n) is 5.15. The van der Waals surface area contributed by atoms with E-state index >= 15 is 0 Å². The number of allylic oxidation sites excluding steroid dienone is 1. The van der Waals surface area contributed by atoms with Gasteiger partial charge < -0.3 is 4.74 Å². The molecule has 0 N–H and O–H groups in total. The number of ether oxygens (including phenoxy) is 1. The van der Waals surface area contributed by atoms with E-state index < -0.39 is 21.8 Å². The van der Waals surface area contributed by atoms with Crippen molar-refractivity contribution >= 4 is 22.5 Å². The van der Waals surface area contributed by atoms with Gasteiger partial charge in [-0.05, 0) is 13.0 Å². The average molecular weight is 338 g/mol. The molecule has 0 bridgehead atoms. The molecular weight excluding hydrogens is 320 g/mol. The highest BCUT2D eigenvalue weighted by Gasteiger charge is 2.31. The van der Waals surface area contributed by atoms with Gasteiger partial charge >= 0.3 is 16.3 Å². The summed E-state index contributed by atoms with van der Waals surface area (Å²) >= 11 is 0. The molecule has 9 heteroatoms. The molecule has 1 aliphatic heterocycles. The minimum Gasteiger partial charge on any atom is -0.444 e. The number of carbonyl (C=O) groups excluding carboxylic acids is 1. The Labute approximate surface area is 135 Å². The lowest BCUT2D eigenvalue weighted by molar-refractivity contribution is 0.142. The van der Waals surface area contributed by atoms with Crippen molar-refractivity contribution in [2.45, 2.75) is 18.9 Å². The highest BCUT2D eigenvalue weighted by Crippen LogP contribution is 2.22. The quantitative estimate of drug-likeness (QED) is 0.726. The molecule has 0 fully saturated rings. The Balaban J connectivity index is 2.26. The standard InChI is InChI=1S/C14H18N4O4S/c1-4-10-22-13(19)17(3)23(20,21)18-9-8-15-12(18)11-14(2)6-5-7-16-14/h4-9H,1,10-11H2,2-3H3. The highest BCUT2D eigenvalue weighted by molar-refractivity contribution is 7.88. The Bertz CT molecular complexity index is 751. The van der Waals surface area contributed by atoms with Crippen molar-refractivity contribution in [2.75, 3.05) is 13.7 Å². The zero-order chi connectivity index (χ0) is 17.1. The Hall–Kier alpha value is -2.42. The van der Waals surface area contributed by atoms with Gasteiger partial charge in [0, 0.05) is 32.1 Å². The van der Waals surface area contributed by atoms with Crippen LogP contribution in [0.25, 0.3) is 0 Å². The van der Waals surface area contributed by atoms with E-state index in [1.807, 2.05) is 13.0 Å². The Morgan fingerprint density at radius 2 is 2.30 bits per heavy atom. The molecule has 23 heavy (non-hydrogen) atoms. The van der Waals surface area contributed by atoms with E-state index in [0.717, 1.165) is 11.0 Å². The summed E-state index contributed by atoms with van der Waals surface area (Å²) in [4.78, 5) is 20.1. The number of hydrogen-bond acceptors (Lipinski definition) is 6. The molecule has 0 saturated carbocycles. The first-order chi connectivity index (χ1) is 10.8. The van der Waals surface area contributed by atoms with Gasteiger partial charge in [-0.25, -0.2) is 13.8 Å². The molecule has 124 valence electrons. The number of carbonyl (C=O) groups is 1. The van der Waals surface area contributed by atoms with E-state index in [2.05, 4.69) is 16.6 Å². The van der Waals surface area contributed by atoms with Crippen LogP contribution in [-0.2, 0) is 21.4 Å². The van der Waals surface area contributed by atoms with Crippen LogP contribution in [0.15, 0.2) is 42.2 Å². The van der Waals surface area contributed by atoms with Crippen molar-refractivity contribution in [1.29, 1.82) is 0 Å². The topological polar surface area (TPSA) is 93.9 Å².